The molecule has 0 radical (unpaired) electrons. The van der Waals surface area contributed by atoms with Crippen molar-refractivity contribution in [1.82, 2.24) is 0 Å². The summed E-state index contributed by atoms with van der Waals surface area (Å²) in [4.78, 5) is 37.5. The molecule has 0 aliphatic heterocycles. The van der Waals surface area contributed by atoms with E-state index in [1.54, 1.807) is 0 Å². The van der Waals surface area contributed by atoms with Gasteiger partial charge in [0, 0.05) is 10.9 Å². The first-order valence-electron chi connectivity index (χ1n) is 10.1. The highest BCUT2D eigenvalue weighted by atomic mass is 32.1. The number of anilines is 1. The average molecular weight is 428 g/mol. The third-order valence-corrected chi connectivity index (χ3v) is 7.63. The summed E-state index contributed by atoms with van der Waals surface area (Å²) in [6.45, 7) is 4.03. The summed E-state index contributed by atoms with van der Waals surface area (Å²) in [5, 5.41) is 14.8. The van der Waals surface area contributed by atoms with Crippen LogP contribution in [0.3, 0.4) is 0 Å². The zero-order chi connectivity index (χ0) is 21.6. The SMILES string of the molecule is COC(=O)c1c(-c2ccc(C)c(C)c2)csc1NC(=O)[C@@H]1[C@H]2CC[C@@H](C2)[C@H]1C(=O)O. The van der Waals surface area contributed by atoms with Crippen molar-refractivity contribution in [3.63, 3.8) is 0 Å². The van der Waals surface area contributed by atoms with E-state index in [1.807, 2.05) is 37.4 Å². The first-order valence-corrected chi connectivity index (χ1v) is 11.0. The Morgan fingerprint density at radius 2 is 1.80 bits per heavy atom. The molecule has 0 saturated heterocycles. The number of benzene rings is 1. The highest BCUT2D eigenvalue weighted by Crippen LogP contribution is 2.53. The molecular formula is C23H25NO5S. The third kappa shape index (κ3) is 3.41. The molecule has 2 N–H and O–H groups in total. The van der Waals surface area contributed by atoms with Crippen molar-refractivity contribution in [3.05, 3.63) is 40.3 Å². The lowest BCUT2D eigenvalue weighted by atomic mass is 9.78. The minimum Gasteiger partial charge on any atom is -0.481 e. The number of amides is 1. The van der Waals surface area contributed by atoms with Crippen molar-refractivity contribution in [1.29, 1.82) is 0 Å². The number of hydrogen-bond donors (Lipinski definition) is 2. The maximum Gasteiger partial charge on any atom is 0.341 e. The molecule has 1 aromatic carbocycles. The zero-order valence-electron chi connectivity index (χ0n) is 17.2. The standard InChI is InChI=1S/C23H25NO5S/c1-11-4-5-13(8-12(11)2)16-10-30-21(19(16)23(28)29-3)24-20(25)17-14-6-7-15(9-14)18(17)22(26)27/h4-5,8,10,14-15,17-18H,6-7,9H2,1-3H3,(H,24,25)(H,26,27)/t14-,15-,17+,18+/m0/s1. The maximum atomic E-state index is 13.1. The second-order valence-electron chi connectivity index (χ2n) is 8.36. The van der Waals surface area contributed by atoms with Crippen LogP contribution in [0.15, 0.2) is 23.6 Å². The summed E-state index contributed by atoms with van der Waals surface area (Å²) in [6, 6.07) is 5.94. The molecule has 158 valence electrons. The van der Waals surface area contributed by atoms with Crippen LogP contribution in [0.1, 0.15) is 40.7 Å². The van der Waals surface area contributed by atoms with Gasteiger partial charge in [-0.3, -0.25) is 9.59 Å². The molecule has 2 fully saturated rings. The van der Waals surface area contributed by atoms with Crippen LogP contribution in [0.25, 0.3) is 11.1 Å². The van der Waals surface area contributed by atoms with Gasteiger partial charge in [-0.25, -0.2) is 4.79 Å². The van der Waals surface area contributed by atoms with Crippen molar-refractivity contribution in [3.8, 4) is 11.1 Å². The maximum absolute atomic E-state index is 13.1. The Bertz CT molecular complexity index is 1030. The van der Waals surface area contributed by atoms with Gasteiger partial charge in [0.25, 0.3) is 0 Å². The van der Waals surface area contributed by atoms with Crippen molar-refractivity contribution in [2.45, 2.75) is 33.1 Å². The number of esters is 1. The molecule has 2 aliphatic carbocycles. The number of carboxylic acid groups (broad SMARTS) is 1. The molecule has 0 unspecified atom stereocenters. The number of aliphatic carboxylic acids is 1. The lowest BCUT2D eigenvalue weighted by Gasteiger charge is -2.26. The fourth-order valence-electron chi connectivity index (χ4n) is 5.10. The van der Waals surface area contributed by atoms with Crippen LogP contribution in [0.5, 0.6) is 0 Å². The van der Waals surface area contributed by atoms with Crippen molar-refractivity contribution in [2.75, 3.05) is 12.4 Å². The van der Waals surface area contributed by atoms with E-state index < -0.39 is 23.8 Å². The summed E-state index contributed by atoms with van der Waals surface area (Å²) in [7, 11) is 1.31. The first kappa shape index (κ1) is 20.6. The zero-order valence-corrected chi connectivity index (χ0v) is 18.0. The Morgan fingerprint density at radius 3 is 2.43 bits per heavy atom. The number of thiophene rings is 1. The van der Waals surface area contributed by atoms with Gasteiger partial charge in [-0.2, -0.15) is 0 Å². The van der Waals surface area contributed by atoms with E-state index in [1.165, 1.54) is 18.4 Å². The molecule has 2 saturated carbocycles. The number of carbonyl (C=O) groups is 3. The number of carboxylic acids is 1. The van der Waals surface area contributed by atoms with Crippen LogP contribution >= 0.6 is 11.3 Å². The van der Waals surface area contributed by atoms with Crippen LogP contribution in [-0.4, -0.2) is 30.1 Å². The van der Waals surface area contributed by atoms with Gasteiger partial charge in [0.15, 0.2) is 0 Å². The third-order valence-electron chi connectivity index (χ3n) is 6.74. The summed E-state index contributed by atoms with van der Waals surface area (Å²) < 4.78 is 4.99. The second-order valence-corrected chi connectivity index (χ2v) is 9.24. The summed E-state index contributed by atoms with van der Waals surface area (Å²) in [5.74, 6) is -2.79. The molecule has 4 rings (SSSR count). The van der Waals surface area contributed by atoms with Gasteiger partial charge in [-0.1, -0.05) is 18.2 Å². The Labute approximate surface area is 179 Å². The van der Waals surface area contributed by atoms with E-state index in [2.05, 4.69) is 5.32 Å². The number of fused-ring (bicyclic) bond motifs is 2. The number of carbonyl (C=O) groups excluding carboxylic acids is 2. The van der Waals surface area contributed by atoms with E-state index >= 15 is 0 Å². The lowest BCUT2D eigenvalue weighted by Crippen LogP contribution is -2.37. The van der Waals surface area contributed by atoms with Gasteiger partial charge < -0.3 is 15.2 Å². The molecule has 1 heterocycles. The Morgan fingerprint density at radius 1 is 1.10 bits per heavy atom. The van der Waals surface area contributed by atoms with E-state index in [4.69, 9.17) is 4.74 Å². The molecule has 4 atom stereocenters. The number of ether oxygens (including phenoxy) is 1. The molecule has 2 aromatic rings. The number of nitrogens with one attached hydrogen (secondary N) is 1. The predicted octanol–water partition coefficient (Wildman–Crippen LogP) is 4.50. The van der Waals surface area contributed by atoms with Crippen LogP contribution < -0.4 is 5.32 Å². The van der Waals surface area contributed by atoms with Crippen LogP contribution in [0.2, 0.25) is 0 Å². The molecule has 0 spiro atoms. The molecule has 30 heavy (non-hydrogen) atoms. The predicted molar refractivity (Wildman–Crippen MR) is 115 cm³/mol. The first-order chi connectivity index (χ1) is 14.3. The van der Waals surface area contributed by atoms with Crippen molar-refractivity contribution < 1.29 is 24.2 Å². The lowest BCUT2D eigenvalue weighted by molar-refractivity contribution is -0.148. The Kier molecular flexibility index (Phi) is 5.40. The van der Waals surface area contributed by atoms with Gasteiger partial charge in [-0.05, 0) is 61.6 Å². The van der Waals surface area contributed by atoms with Gasteiger partial charge in [0.05, 0.1) is 18.9 Å². The van der Waals surface area contributed by atoms with E-state index in [9.17, 15) is 19.5 Å². The average Bonchev–Trinajstić information content (AvgIpc) is 3.43. The molecule has 6 nitrogen and oxygen atoms in total. The fraction of sp³-hybridized carbons (Fsp3) is 0.435. The molecular weight excluding hydrogens is 402 g/mol. The number of rotatable bonds is 5. The van der Waals surface area contributed by atoms with Gasteiger partial charge >= 0.3 is 11.9 Å². The van der Waals surface area contributed by atoms with Crippen LogP contribution in [0, 0.1) is 37.5 Å². The minimum atomic E-state index is -0.905. The van der Waals surface area contributed by atoms with Gasteiger partial charge in [-0.15, -0.1) is 11.3 Å². The highest BCUT2D eigenvalue weighted by molar-refractivity contribution is 7.15. The topological polar surface area (TPSA) is 92.7 Å². The number of aryl methyl sites for hydroxylation is 2. The summed E-state index contributed by atoms with van der Waals surface area (Å²) in [5.41, 5.74) is 4.14. The Balaban J connectivity index is 1.67. The molecule has 2 bridgehead atoms. The smallest absolute Gasteiger partial charge is 0.341 e. The quantitative estimate of drug-likeness (QED) is 0.685. The summed E-state index contributed by atoms with van der Waals surface area (Å²) in [6.07, 6.45) is 2.54. The molecule has 1 aromatic heterocycles. The highest BCUT2D eigenvalue weighted by Gasteiger charge is 2.54. The molecule has 2 aliphatic rings. The second kappa shape index (κ2) is 7.87. The Hall–Kier alpha value is -2.67. The minimum absolute atomic E-state index is 0.0674. The van der Waals surface area contributed by atoms with Gasteiger partial charge in [0.2, 0.25) is 5.91 Å². The van der Waals surface area contributed by atoms with E-state index in [0.29, 0.717) is 16.1 Å². The monoisotopic (exact) mass is 427 g/mol. The van der Waals surface area contributed by atoms with Crippen molar-refractivity contribution in [2.24, 2.45) is 23.7 Å². The van der Waals surface area contributed by atoms with Gasteiger partial charge in [0.1, 0.15) is 10.6 Å². The summed E-state index contributed by atoms with van der Waals surface area (Å²) >= 11 is 1.26. The number of methoxy groups -OCH3 is 1. The molecule has 1 amide bonds. The number of hydrogen-bond acceptors (Lipinski definition) is 5. The normalized spacial score (nSPS) is 24.6. The van der Waals surface area contributed by atoms with E-state index in [0.717, 1.165) is 36.0 Å². The van der Waals surface area contributed by atoms with E-state index in [-0.39, 0.29) is 17.7 Å². The largest absolute Gasteiger partial charge is 0.481 e. The van der Waals surface area contributed by atoms with Crippen molar-refractivity contribution >= 4 is 34.2 Å². The van der Waals surface area contributed by atoms with Crippen LogP contribution in [-0.2, 0) is 14.3 Å². The van der Waals surface area contributed by atoms with Crippen LogP contribution in [0.4, 0.5) is 5.00 Å². The fourth-order valence-corrected chi connectivity index (χ4v) is 6.06. The molecule has 7 heteroatoms.